The Kier molecular flexibility index (Phi) is 5.02. The summed E-state index contributed by atoms with van der Waals surface area (Å²) in [5, 5.41) is 21.0. The first-order valence-electron chi connectivity index (χ1n) is 9.76. The molecule has 0 aliphatic carbocycles. The molecule has 1 unspecified atom stereocenters. The summed E-state index contributed by atoms with van der Waals surface area (Å²) in [6, 6.07) is 11.4. The maximum atomic E-state index is 12.7. The predicted molar refractivity (Wildman–Crippen MR) is 116 cm³/mol. The van der Waals surface area contributed by atoms with Crippen molar-refractivity contribution in [3.63, 3.8) is 0 Å². The molecule has 2 N–H and O–H groups in total. The molecule has 1 aliphatic rings. The smallest absolute Gasteiger partial charge is 0.271 e. The van der Waals surface area contributed by atoms with Crippen LogP contribution in [-0.4, -0.2) is 26.5 Å². The standard InChI is InChI=1S/C22H21N5O4/c1-12-4-7-15(8-5-12)20-14(3)25-26-18(22(29)24-21(20)26)11-19(28)23-17-10-16(27(30)31)9-6-13(17)2/h4-10,18H,11H2,1-3H3,(H,23,28)(H,24,29). The van der Waals surface area contributed by atoms with Gasteiger partial charge in [0.2, 0.25) is 5.91 Å². The monoisotopic (exact) mass is 419 g/mol. The van der Waals surface area contributed by atoms with Crippen molar-refractivity contribution in [2.45, 2.75) is 33.2 Å². The number of benzene rings is 2. The highest BCUT2D eigenvalue weighted by molar-refractivity contribution is 6.04. The molecule has 9 heteroatoms. The number of amides is 2. The topological polar surface area (TPSA) is 119 Å². The van der Waals surface area contributed by atoms with Crippen LogP contribution in [0.4, 0.5) is 17.2 Å². The van der Waals surface area contributed by atoms with Crippen molar-refractivity contribution < 1.29 is 14.5 Å². The number of aromatic nitrogens is 2. The molecular formula is C22H21N5O4. The maximum absolute atomic E-state index is 12.7. The van der Waals surface area contributed by atoms with E-state index in [4.69, 9.17) is 0 Å². The molecule has 4 rings (SSSR count). The molecule has 1 aliphatic heterocycles. The van der Waals surface area contributed by atoms with Gasteiger partial charge in [0, 0.05) is 17.7 Å². The van der Waals surface area contributed by atoms with Crippen molar-refractivity contribution in [2.24, 2.45) is 0 Å². The lowest BCUT2D eigenvalue weighted by atomic mass is 10.0. The van der Waals surface area contributed by atoms with Crippen LogP contribution in [0.25, 0.3) is 11.1 Å². The van der Waals surface area contributed by atoms with Gasteiger partial charge in [0.25, 0.3) is 11.6 Å². The number of rotatable bonds is 5. The predicted octanol–water partition coefficient (Wildman–Crippen LogP) is 3.91. The summed E-state index contributed by atoms with van der Waals surface area (Å²) in [4.78, 5) is 35.7. The normalized spacial score (nSPS) is 14.8. The van der Waals surface area contributed by atoms with Crippen LogP contribution in [0.3, 0.4) is 0 Å². The van der Waals surface area contributed by atoms with Gasteiger partial charge in [-0.2, -0.15) is 5.10 Å². The first-order valence-corrected chi connectivity index (χ1v) is 9.76. The Labute approximate surface area is 178 Å². The number of hydrogen-bond acceptors (Lipinski definition) is 5. The number of non-ortho nitro benzene ring substituents is 1. The summed E-state index contributed by atoms with van der Waals surface area (Å²) in [7, 11) is 0. The van der Waals surface area contributed by atoms with Crippen molar-refractivity contribution in [3.05, 3.63) is 69.4 Å². The highest BCUT2D eigenvalue weighted by atomic mass is 16.6. The van der Waals surface area contributed by atoms with E-state index in [2.05, 4.69) is 15.7 Å². The second-order valence-corrected chi connectivity index (χ2v) is 7.63. The average Bonchev–Trinajstić information content (AvgIpc) is 3.18. The number of carbonyl (C=O) groups is 2. The van der Waals surface area contributed by atoms with Crippen molar-refractivity contribution in [2.75, 3.05) is 10.6 Å². The fraction of sp³-hybridized carbons (Fsp3) is 0.227. The van der Waals surface area contributed by atoms with Crippen LogP contribution in [0.1, 0.15) is 29.3 Å². The van der Waals surface area contributed by atoms with Gasteiger partial charge >= 0.3 is 0 Å². The summed E-state index contributed by atoms with van der Waals surface area (Å²) in [5.41, 5.74) is 4.54. The zero-order valence-corrected chi connectivity index (χ0v) is 17.3. The van der Waals surface area contributed by atoms with Gasteiger partial charge in [-0.3, -0.25) is 19.7 Å². The zero-order valence-electron chi connectivity index (χ0n) is 17.3. The molecule has 0 spiro atoms. The van der Waals surface area contributed by atoms with E-state index in [-0.39, 0.29) is 18.0 Å². The first kappa shape index (κ1) is 20.3. The fourth-order valence-electron chi connectivity index (χ4n) is 3.68. The molecule has 9 nitrogen and oxygen atoms in total. The number of hydrogen-bond donors (Lipinski definition) is 2. The molecule has 0 bridgehead atoms. The molecule has 0 fully saturated rings. The minimum absolute atomic E-state index is 0.118. The molecule has 0 radical (unpaired) electrons. The Bertz CT molecular complexity index is 1210. The van der Waals surface area contributed by atoms with E-state index in [0.29, 0.717) is 17.1 Å². The average molecular weight is 419 g/mol. The maximum Gasteiger partial charge on any atom is 0.271 e. The molecule has 2 heterocycles. The minimum atomic E-state index is -0.799. The number of nitro groups is 1. The number of nitro benzene ring substituents is 1. The van der Waals surface area contributed by atoms with Crippen LogP contribution in [-0.2, 0) is 9.59 Å². The minimum Gasteiger partial charge on any atom is -0.326 e. The molecule has 158 valence electrons. The van der Waals surface area contributed by atoms with Gasteiger partial charge in [0.1, 0.15) is 11.9 Å². The molecule has 2 aromatic carbocycles. The number of carbonyl (C=O) groups excluding carboxylic acids is 2. The number of nitrogens with zero attached hydrogens (tertiary/aromatic N) is 3. The number of nitrogens with one attached hydrogen (secondary N) is 2. The Morgan fingerprint density at radius 2 is 1.90 bits per heavy atom. The second-order valence-electron chi connectivity index (χ2n) is 7.63. The third-order valence-electron chi connectivity index (χ3n) is 5.35. The summed E-state index contributed by atoms with van der Waals surface area (Å²) in [5.74, 6) is -0.181. The van der Waals surface area contributed by atoms with E-state index in [9.17, 15) is 19.7 Å². The summed E-state index contributed by atoms with van der Waals surface area (Å²) < 4.78 is 1.55. The van der Waals surface area contributed by atoms with Crippen LogP contribution in [0, 0.1) is 30.9 Å². The van der Waals surface area contributed by atoms with Crippen molar-refractivity contribution in [1.82, 2.24) is 9.78 Å². The molecular weight excluding hydrogens is 398 g/mol. The van der Waals surface area contributed by atoms with Crippen LogP contribution < -0.4 is 10.6 Å². The molecule has 1 aromatic heterocycles. The molecule has 0 saturated heterocycles. The highest BCUT2D eigenvalue weighted by Gasteiger charge is 2.36. The third-order valence-corrected chi connectivity index (χ3v) is 5.35. The Morgan fingerprint density at radius 1 is 1.19 bits per heavy atom. The molecule has 1 atom stereocenters. The van der Waals surface area contributed by atoms with Crippen molar-refractivity contribution in [3.8, 4) is 11.1 Å². The van der Waals surface area contributed by atoms with Gasteiger partial charge in [0.05, 0.1) is 22.7 Å². The summed E-state index contributed by atoms with van der Waals surface area (Å²) >= 11 is 0. The summed E-state index contributed by atoms with van der Waals surface area (Å²) in [6.07, 6.45) is -0.143. The van der Waals surface area contributed by atoms with Gasteiger partial charge in [-0.05, 0) is 31.9 Å². The van der Waals surface area contributed by atoms with Crippen LogP contribution in [0.5, 0.6) is 0 Å². The Hall–Kier alpha value is -4.01. The highest BCUT2D eigenvalue weighted by Crippen LogP contribution is 2.38. The van der Waals surface area contributed by atoms with E-state index >= 15 is 0 Å². The van der Waals surface area contributed by atoms with Crippen molar-refractivity contribution >= 4 is 29.0 Å². The largest absolute Gasteiger partial charge is 0.326 e. The van der Waals surface area contributed by atoms with Gasteiger partial charge in [-0.15, -0.1) is 0 Å². The van der Waals surface area contributed by atoms with E-state index in [1.165, 1.54) is 12.1 Å². The van der Waals surface area contributed by atoms with Gasteiger partial charge in [-0.25, -0.2) is 4.68 Å². The molecule has 0 saturated carbocycles. The lowest BCUT2D eigenvalue weighted by molar-refractivity contribution is -0.384. The van der Waals surface area contributed by atoms with Gasteiger partial charge in [0.15, 0.2) is 0 Å². The van der Waals surface area contributed by atoms with E-state index in [0.717, 1.165) is 22.4 Å². The molecule has 31 heavy (non-hydrogen) atoms. The molecule has 3 aromatic rings. The summed E-state index contributed by atoms with van der Waals surface area (Å²) in [6.45, 7) is 5.60. The van der Waals surface area contributed by atoms with E-state index < -0.39 is 16.9 Å². The number of aryl methyl sites for hydroxylation is 3. The Balaban J connectivity index is 1.58. The quantitative estimate of drug-likeness (QED) is 0.480. The van der Waals surface area contributed by atoms with Crippen LogP contribution >= 0.6 is 0 Å². The second kappa shape index (κ2) is 7.67. The number of anilines is 2. The lowest BCUT2D eigenvalue weighted by Gasteiger charge is -2.11. The Morgan fingerprint density at radius 3 is 2.58 bits per heavy atom. The van der Waals surface area contributed by atoms with E-state index in [1.807, 2.05) is 38.1 Å². The molecule has 2 amide bonds. The number of fused-ring (bicyclic) bond motifs is 1. The van der Waals surface area contributed by atoms with Gasteiger partial charge < -0.3 is 10.6 Å². The SMILES string of the molecule is Cc1ccc(-c2c(C)nn3c2NC(=O)C3CC(=O)Nc2cc([N+](=O)[O-])ccc2C)cc1. The fourth-order valence-corrected chi connectivity index (χ4v) is 3.68. The van der Waals surface area contributed by atoms with Gasteiger partial charge in [-0.1, -0.05) is 35.9 Å². The van der Waals surface area contributed by atoms with Crippen LogP contribution in [0.15, 0.2) is 42.5 Å². The zero-order chi connectivity index (χ0) is 22.3. The van der Waals surface area contributed by atoms with Crippen molar-refractivity contribution in [1.29, 1.82) is 0 Å². The third kappa shape index (κ3) is 3.77. The van der Waals surface area contributed by atoms with E-state index in [1.54, 1.807) is 17.7 Å². The van der Waals surface area contributed by atoms with Crippen LogP contribution in [0.2, 0.25) is 0 Å². The first-order chi connectivity index (χ1) is 14.7. The lowest BCUT2D eigenvalue weighted by Crippen LogP contribution is -2.24.